The van der Waals surface area contributed by atoms with E-state index in [1.54, 1.807) is 18.2 Å². The van der Waals surface area contributed by atoms with Crippen molar-refractivity contribution >= 4 is 5.78 Å². The number of carbonyl (C=O) groups is 1. The predicted octanol–water partition coefficient (Wildman–Crippen LogP) is 4.07. The van der Waals surface area contributed by atoms with Crippen molar-refractivity contribution < 1.29 is 13.6 Å². The topological polar surface area (TPSA) is 40.9 Å². The number of aryl methyl sites for hydroxylation is 2. The van der Waals surface area contributed by atoms with Gasteiger partial charge in [-0.1, -0.05) is 23.3 Å². The van der Waals surface area contributed by atoms with Crippen LogP contribution in [0.25, 0.3) is 0 Å². The minimum Gasteiger partial charge on any atom is -0.292 e. The van der Waals surface area contributed by atoms with E-state index in [1.165, 1.54) is 0 Å². The third-order valence-electron chi connectivity index (χ3n) is 3.17. The van der Waals surface area contributed by atoms with Crippen LogP contribution in [0.4, 0.5) is 8.78 Å². The van der Waals surface area contributed by atoms with Gasteiger partial charge in [-0.2, -0.15) is 5.26 Å². The molecular formula is C17H13F2NO. The number of Topliss-reactive ketones (excluding diaryl/α,β-unsaturated/α-hetero) is 1. The zero-order chi connectivity index (χ0) is 15.6. The van der Waals surface area contributed by atoms with Crippen LogP contribution in [0.1, 0.15) is 33.0 Å². The zero-order valence-corrected chi connectivity index (χ0v) is 11.7. The molecule has 2 aromatic carbocycles. The van der Waals surface area contributed by atoms with Gasteiger partial charge < -0.3 is 0 Å². The van der Waals surface area contributed by atoms with E-state index in [9.17, 15) is 18.8 Å². The lowest BCUT2D eigenvalue weighted by atomic mass is 9.90. The van der Waals surface area contributed by atoms with Crippen LogP contribution < -0.4 is 0 Å². The van der Waals surface area contributed by atoms with Gasteiger partial charge in [-0.15, -0.1) is 0 Å². The Labute approximate surface area is 121 Å². The maximum Gasteiger partial charge on any atom is 0.184 e. The van der Waals surface area contributed by atoms with Crippen LogP contribution >= 0.6 is 0 Å². The molecule has 0 spiro atoms. The van der Waals surface area contributed by atoms with Crippen molar-refractivity contribution in [3.63, 3.8) is 0 Å². The Morgan fingerprint density at radius 3 is 2.24 bits per heavy atom. The number of rotatable bonds is 3. The van der Waals surface area contributed by atoms with Crippen LogP contribution in [0.3, 0.4) is 0 Å². The number of benzene rings is 2. The van der Waals surface area contributed by atoms with E-state index in [0.717, 1.165) is 23.3 Å². The maximum absolute atomic E-state index is 13.8. The largest absolute Gasteiger partial charge is 0.292 e. The molecule has 0 fully saturated rings. The first-order valence-corrected chi connectivity index (χ1v) is 6.39. The molecule has 1 atom stereocenters. The van der Waals surface area contributed by atoms with E-state index in [-0.39, 0.29) is 5.56 Å². The summed E-state index contributed by atoms with van der Waals surface area (Å²) < 4.78 is 26.7. The van der Waals surface area contributed by atoms with Crippen LogP contribution in [0.2, 0.25) is 0 Å². The lowest BCUT2D eigenvalue weighted by molar-refractivity contribution is 0.0977. The Morgan fingerprint density at radius 2 is 1.71 bits per heavy atom. The molecule has 0 amide bonds. The number of nitriles is 1. The van der Waals surface area contributed by atoms with Crippen molar-refractivity contribution in [2.75, 3.05) is 0 Å². The third kappa shape index (κ3) is 3.14. The van der Waals surface area contributed by atoms with Gasteiger partial charge >= 0.3 is 0 Å². The lowest BCUT2D eigenvalue weighted by Gasteiger charge is -2.11. The third-order valence-corrected chi connectivity index (χ3v) is 3.17. The van der Waals surface area contributed by atoms with Crippen LogP contribution in [0, 0.1) is 36.8 Å². The second kappa shape index (κ2) is 5.84. The molecule has 0 heterocycles. The molecule has 0 bridgehead atoms. The Bertz CT molecular complexity index is 727. The van der Waals surface area contributed by atoms with E-state index < -0.39 is 23.3 Å². The molecule has 0 radical (unpaired) electrons. The molecule has 0 aromatic heterocycles. The second-order valence-electron chi connectivity index (χ2n) is 4.97. The Kier molecular flexibility index (Phi) is 4.13. The van der Waals surface area contributed by atoms with Gasteiger partial charge in [-0.3, -0.25) is 4.79 Å². The SMILES string of the molecule is Cc1cc(C)cc(C(=O)C(C#N)c2ccc(F)cc2F)c1. The number of hydrogen-bond donors (Lipinski definition) is 0. The molecular weight excluding hydrogens is 272 g/mol. The number of hydrogen-bond acceptors (Lipinski definition) is 2. The first-order chi connectivity index (χ1) is 9.92. The standard InChI is InChI=1S/C17H13F2NO/c1-10-5-11(2)7-12(6-10)17(21)15(9-20)14-4-3-13(18)8-16(14)19/h3-8,15H,1-2H3. The van der Waals surface area contributed by atoms with Crippen LogP contribution in [0.15, 0.2) is 36.4 Å². The Hall–Kier alpha value is -2.54. The van der Waals surface area contributed by atoms with E-state index >= 15 is 0 Å². The van der Waals surface area contributed by atoms with Crippen molar-refractivity contribution in [1.82, 2.24) is 0 Å². The number of carbonyl (C=O) groups excluding carboxylic acids is 1. The van der Waals surface area contributed by atoms with Crippen molar-refractivity contribution in [2.45, 2.75) is 19.8 Å². The zero-order valence-electron chi connectivity index (χ0n) is 11.7. The second-order valence-corrected chi connectivity index (χ2v) is 4.97. The fourth-order valence-corrected chi connectivity index (χ4v) is 2.29. The number of ketones is 1. The number of halogens is 2. The van der Waals surface area contributed by atoms with E-state index in [0.29, 0.717) is 11.6 Å². The molecule has 0 aliphatic heterocycles. The van der Waals surface area contributed by atoms with Crippen molar-refractivity contribution in [2.24, 2.45) is 0 Å². The molecule has 1 unspecified atom stereocenters. The highest BCUT2D eigenvalue weighted by molar-refractivity contribution is 6.03. The van der Waals surface area contributed by atoms with Gasteiger partial charge in [-0.25, -0.2) is 8.78 Å². The van der Waals surface area contributed by atoms with Gasteiger partial charge in [0.1, 0.15) is 17.6 Å². The smallest absolute Gasteiger partial charge is 0.184 e. The molecule has 106 valence electrons. The molecule has 2 aromatic rings. The van der Waals surface area contributed by atoms with E-state index in [4.69, 9.17) is 0 Å². The average Bonchev–Trinajstić information content (AvgIpc) is 2.40. The number of nitrogens with zero attached hydrogens (tertiary/aromatic N) is 1. The van der Waals surface area contributed by atoms with Gasteiger partial charge in [-0.05, 0) is 32.0 Å². The summed E-state index contributed by atoms with van der Waals surface area (Å²) >= 11 is 0. The van der Waals surface area contributed by atoms with Gasteiger partial charge in [0.25, 0.3) is 0 Å². The van der Waals surface area contributed by atoms with E-state index in [2.05, 4.69) is 0 Å². The normalized spacial score (nSPS) is 11.8. The van der Waals surface area contributed by atoms with Crippen LogP contribution in [0.5, 0.6) is 0 Å². The monoisotopic (exact) mass is 285 g/mol. The summed E-state index contributed by atoms with van der Waals surface area (Å²) in [6, 6.07) is 9.86. The first-order valence-electron chi connectivity index (χ1n) is 6.39. The summed E-state index contributed by atoms with van der Waals surface area (Å²) in [5.74, 6) is -3.41. The molecule has 0 saturated heterocycles. The predicted molar refractivity (Wildman–Crippen MR) is 75.0 cm³/mol. The Balaban J connectivity index is 2.46. The fraction of sp³-hybridized carbons (Fsp3) is 0.176. The molecule has 0 aliphatic rings. The van der Waals surface area contributed by atoms with Gasteiger partial charge in [0.05, 0.1) is 6.07 Å². The maximum atomic E-state index is 13.8. The lowest BCUT2D eigenvalue weighted by Crippen LogP contribution is -2.13. The summed E-state index contributed by atoms with van der Waals surface area (Å²) in [6.45, 7) is 3.67. The molecule has 0 N–H and O–H groups in total. The van der Waals surface area contributed by atoms with Gasteiger partial charge in [0, 0.05) is 17.2 Å². The summed E-state index contributed by atoms with van der Waals surface area (Å²) in [6.07, 6.45) is 0. The minimum absolute atomic E-state index is 0.108. The molecule has 0 aliphatic carbocycles. The first kappa shape index (κ1) is 14.9. The van der Waals surface area contributed by atoms with Crippen LogP contribution in [-0.4, -0.2) is 5.78 Å². The fourth-order valence-electron chi connectivity index (χ4n) is 2.29. The van der Waals surface area contributed by atoms with Gasteiger partial charge in [0.15, 0.2) is 5.78 Å². The summed E-state index contributed by atoms with van der Waals surface area (Å²) in [4.78, 5) is 12.4. The van der Waals surface area contributed by atoms with Crippen LogP contribution in [-0.2, 0) is 0 Å². The average molecular weight is 285 g/mol. The highest BCUT2D eigenvalue weighted by Crippen LogP contribution is 2.24. The summed E-state index contributed by atoms with van der Waals surface area (Å²) in [5, 5.41) is 9.21. The molecule has 2 rings (SSSR count). The van der Waals surface area contributed by atoms with Crippen molar-refractivity contribution in [3.8, 4) is 6.07 Å². The molecule has 4 heteroatoms. The highest BCUT2D eigenvalue weighted by atomic mass is 19.1. The summed E-state index contributed by atoms with van der Waals surface area (Å²) in [5.41, 5.74) is 2.01. The molecule has 2 nitrogen and oxygen atoms in total. The minimum atomic E-state index is -1.29. The summed E-state index contributed by atoms with van der Waals surface area (Å²) in [7, 11) is 0. The highest BCUT2D eigenvalue weighted by Gasteiger charge is 2.25. The quantitative estimate of drug-likeness (QED) is 0.797. The van der Waals surface area contributed by atoms with E-state index in [1.807, 2.05) is 19.9 Å². The van der Waals surface area contributed by atoms with Crippen molar-refractivity contribution in [3.05, 3.63) is 70.3 Å². The Morgan fingerprint density at radius 1 is 1.10 bits per heavy atom. The molecule has 21 heavy (non-hydrogen) atoms. The van der Waals surface area contributed by atoms with Gasteiger partial charge in [0.2, 0.25) is 0 Å². The molecule has 0 saturated carbocycles. The van der Waals surface area contributed by atoms with Crippen molar-refractivity contribution in [1.29, 1.82) is 5.26 Å².